The number of pyridine rings is 1. The molecule has 1 fully saturated rings. The molecule has 9 heteroatoms. The van der Waals surface area contributed by atoms with Gasteiger partial charge in [-0.2, -0.15) is 18.4 Å². The van der Waals surface area contributed by atoms with Gasteiger partial charge >= 0.3 is 12.1 Å². The summed E-state index contributed by atoms with van der Waals surface area (Å²) in [5.74, 6) is -0.333. The van der Waals surface area contributed by atoms with Crippen molar-refractivity contribution in [3.8, 4) is 6.07 Å². The van der Waals surface area contributed by atoms with Crippen molar-refractivity contribution in [2.24, 2.45) is 5.92 Å². The average molecular weight is 348 g/mol. The third-order valence-corrected chi connectivity index (χ3v) is 3.95. The van der Waals surface area contributed by atoms with Gasteiger partial charge in [0.25, 0.3) is 0 Å². The molecule has 0 aliphatic carbocycles. The number of methoxy groups -OCH3 is 1. The second kappa shape index (κ2) is 6.62. The Balaban J connectivity index is 2.27. The van der Waals surface area contributed by atoms with Gasteiger partial charge in [0.2, 0.25) is 0 Å². The predicted octanol–water partition coefficient (Wildman–Crippen LogP) is 3.01. The lowest BCUT2D eigenvalue weighted by atomic mass is 10.1. The number of anilines is 1. The molecule has 0 bridgehead atoms. The van der Waals surface area contributed by atoms with E-state index in [0.29, 0.717) is 19.5 Å². The number of ether oxygens (including phenoxy) is 1. The first-order valence-electron chi connectivity index (χ1n) is 6.75. The van der Waals surface area contributed by atoms with E-state index in [1.54, 1.807) is 4.90 Å². The molecule has 1 aliphatic rings. The normalized spacial score (nSPS) is 17.9. The first kappa shape index (κ1) is 17.3. The number of hydrogen-bond donors (Lipinski definition) is 0. The lowest BCUT2D eigenvalue weighted by Crippen LogP contribution is -2.23. The van der Waals surface area contributed by atoms with E-state index in [2.05, 4.69) is 9.72 Å². The van der Waals surface area contributed by atoms with E-state index < -0.39 is 22.5 Å². The van der Waals surface area contributed by atoms with E-state index >= 15 is 0 Å². The average Bonchev–Trinajstić information content (AvgIpc) is 2.93. The van der Waals surface area contributed by atoms with Crippen LogP contribution in [0.4, 0.5) is 19.0 Å². The van der Waals surface area contributed by atoms with Gasteiger partial charge in [-0.25, -0.2) is 4.98 Å². The summed E-state index contributed by atoms with van der Waals surface area (Å²) in [4.78, 5) is 16.8. The fourth-order valence-electron chi connectivity index (χ4n) is 2.52. The number of hydrogen-bond acceptors (Lipinski definition) is 5. The highest BCUT2D eigenvalue weighted by molar-refractivity contribution is 6.30. The molecule has 0 spiro atoms. The lowest BCUT2D eigenvalue weighted by molar-refractivity contribution is -0.141. The van der Waals surface area contributed by atoms with Crippen molar-refractivity contribution in [3.05, 3.63) is 22.3 Å². The summed E-state index contributed by atoms with van der Waals surface area (Å²) < 4.78 is 43.8. The molecule has 2 heterocycles. The Morgan fingerprint density at radius 1 is 1.61 bits per heavy atom. The molecule has 1 aromatic heterocycles. The molecule has 0 aromatic carbocycles. The molecule has 0 saturated carbocycles. The van der Waals surface area contributed by atoms with Gasteiger partial charge in [-0.1, -0.05) is 11.6 Å². The monoisotopic (exact) mass is 347 g/mol. The molecular formula is C14H13ClF3N3O2. The Kier molecular flexibility index (Phi) is 5.00. The second-order valence-corrected chi connectivity index (χ2v) is 5.54. The number of halogens is 4. The van der Waals surface area contributed by atoms with Crippen LogP contribution in [0, 0.1) is 17.2 Å². The molecule has 23 heavy (non-hydrogen) atoms. The molecule has 0 amide bonds. The van der Waals surface area contributed by atoms with E-state index in [9.17, 15) is 18.0 Å². The standard InChI is InChI=1S/C14H13ClF3N3O2/c1-23-12(22)4-8-2-3-21(7-8)11-5-10(14(16,17)18)9(6-19)13(15)20-11/h5,8H,2-4,7H2,1H3/t8-/m1/s1. The molecule has 0 radical (unpaired) electrons. The minimum atomic E-state index is -4.70. The summed E-state index contributed by atoms with van der Waals surface area (Å²) >= 11 is 5.73. The molecule has 0 N–H and O–H groups in total. The topological polar surface area (TPSA) is 66.2 Å². The van der Waals surface area contributed by atoms with Crippen LogP contribution in [-0.2, 0) is 15.7 Å². The zero-order valence-corrected chi connectivity index (χ0v) is 12.9. The fraction of sp³-hybridized carbons (Fsp3) is 0.500. The first-order valence-corrected chi connectivity index (χ1v) is 7.13. The molecule has 1 aromatic rings. The molecule has 5 nitrogen and oxygen atoms in total. The third-order valence-electron chi connectivity index (χ3n) is 3.67. The van der Waals surface area contributed by atoms with Crippen molar-refractivity contribution in [1.29, 1.82) is 5.26 Å². The second-order valence-electron chi connectivity index (χ2n) is 5.18. The molecule has 1 atom stereocenters. The van der Waals surface area contributed by atoms with E-state index in [-0.39, 0.29) is 24.1 Å². The molecule has 1 saturated heterocycles. The van der Waals surface area contributed by atoms with Crippen LogP contribution >= 0.6 is 11.6 Å². The minimum absolute atomic E-state index is 0.0204. The Morgan fingerprint density at radius 2 is 2.30 bits per heavy atom. The smallest absolute Gasteiger partial charge is 0.417 e. The third kappa shape index (κ3) is 3.85. The Hall–Kier alpha value is -2.01. The maximum absolute atomic E-state index is 13.1. The van der Waals surface area contributed by atoms with Crippen molar-refractivity contribution in [2.45, 2.75) is 19.0 Å². The summed E-state index contributed by atoms with van der Waals surface area (Å²) in [7, 11) is 1.28. The quantitative estimate of drug-likeness (QED) is 0.621. The molecule has 0 unspecified atom stereocenters. The number of nitrogens with zero attached hydrogens (tertiary/aromatic N) is 3. The van der Waals surface area contributed by atoms with Gasteiger partial charge in [0.05, 0.1) is 19.1 Å². The van der Waals surface area contributed by atoms with Crippen LogP contribution in [0.1, 0.15) is 24.0 Å². The fourth-order valence-corrected chi connectivity index (χ4v) is 2.75. The zero-order chi connectivity index (χ0) is 17.2. The van der Waals surface area contributed by atoms with Crippen LogP contribution in [0.2, 0.25) is 5.15 Å². The van der Waals surface area contributed by atoms with E-state index in [4.69, 9.17) is 16.9 Å². The van der Waals surface area contributed by atoms with Gasteiger partial charge in [-0.3, -0.25) is 4.79 Å². The van der Waals surface area contributed by atoms with E-state index in [1.165, 1.54) is 13.2 Å². The van der Waals surface area contributed by atoms with Crippen molar-refractivity contribution < 1.29 is 22.7 Å². The molecular weight excluding hydrogens is 335 g/mol. The molecule has 1 aliphatic heterocycles. The highest BCUT2D eigenvalue weighted by Gasteiger charge is 2.37. The number of esters is 1. The van der Waals surface area contributed by atoms with Crippen molar-refractivity contribution in [1.82, 2.24) is 4.98 Å². The zero-order valence-electron chi connectivity index (χ0n) is 12.2. The van der Waals surface area contributed by atoms with Gasteiger partial charge in [-0.15, -0.1) is 0 Å². The van der Waals surface area contributed by atoms with E-state index in [1.807, 2.05) is 0 Å². The van der Waals surface area contributed by atoms with Gasteiger partial charge < -0.3 is 9.64 Å². The summed E-state index contributed by atoms with van der Waals surface area (Å²) in [6.07, 6.45) is -3.86. The van der Waals surface area contributed by atoms with E-state index in [0.717, 1.165) is 6.07 Å². The predicted molar refractivity (Wildman–Crippen MR) is 75.9 cm³/mol. The SMILES string of the molecule is COC(=O)C[C@H]1CCN(c2cc(C(F)(F)F)c(C#N)c(Cl)n2)C1. The molecule has 124 valence electrons. The van der Waals surface area contributed by atoms with Crippen LogP contribution in [-0.4, -0.2) is 31.2 Å². The van der Waals surface area contributed by atoms with Crippen LogP contribution in [0.25, 0.3) is 0 Å². The largest absolute Gasteiger partial charge is 0.469 e. The number of rotatable bonds is 3. The van der Waals surface area contributed by atoms with Crippen molar-refractivity contribution in [3.63, 3.8) is 0 Å². The van der Waals surface area contributed by atoms with Gasteiger partial charge in [0.15, 0.2) is 0 Å². The van der Waals surface area contributed by atoms with Crippen molar-refractivity contribution in [2.75, 3.05) is 25.1 Å². The number of carbonyl (C=O) groups is 1. The summed E-state index contributed by atoms with van der Waals surface area (Å²) in [5.41, 5.74) is -1.79. The van der Waals surface area contributed by atoms with Gasteiger partial charge in [0.1, 0.15) is 22.6 Å². The minimum Gasteiger partial charge on any atom is -0.469 e. The number of carbonyl (C=O) groups excluding carboxylic acids is 1. The number of nitriles is 1. The Labute approximate surface area is 135 Å². The van der Waals surface area contributed by atoms with Crippen LogP contribution < -0.4 is 4.90 Å². The van der Waals surface area contributed by atoms with Gasteiger partial charge in [0, 0.05) is 13.1 Å². The summed E-state index contributed by atoms with van der Waals surface area (Å²) in [6, 6.07) is 2.26. The van der Waals surface area contributed by atoms with Crippen molar-refractivity contribution >= 4 is 23.4 Å². The van der Waals surface area contributed by atoms with Crippen LogP contribution in [0.5, 0.6) is 0 Å². The maximum atomic E-state index is 13.1. The van der Waals surface area contributed by atoms with Crippen LogP contribution in [0.15, 0.2) is 6.07 Å². The van der Waals surface area contributed by atoms with Gasteiger partial charge in [-0.05, 0) is 18.4 Å². The Morgan fingerprint density at radius 3 is 2.87 bits per heavy atom. The lowest BCUT2D eigenvalue weighted by Gasteiger charge is -2.20. The number of aromatic nitrogens is 1. The Bertz CT molecular complexity index is 658. The maximum Gasteiger partial charge on any atom is 0.417 e. The molecule has 2 rings (SSSR count). The summed E-state index contributed by atoms with van der Waals surface area (Å²) in [5, 5.41) is 8.37. The van der Waals surface area contributed by atoms with Crippen LogP contribution in [0.3, 0.4) is 0 Å². The summed E-state index contributed by atoms with van der Waals surface area (Å²) in [6.45, 7) is 0.829. The number of alkyl halides is 3. The first-order chi connectivity index (χ1) is 10.8. The highest BCUT2D eigenvalue weighted by atomic mass is 35.5. The highest BCUT2D eigenvalue weighted by Crippen LogP contribution is 2.37.